The summed E-state index contributed by atoms with van der Waals surface area (Å²) in [4.78, 5) is 19.1. The molecule has 27 heavy (non-hydrogen) atoms. The van der Waals surface area contributed by atoms with E-state index in [2.05, 4.69) is 20.6 Å². The number of hydrogen-bond donors (Lipinski definition) is 2. The molecule has 0 atom stereocenters. The van der Waals surface area contributed by atoms with E-state index in [9.17, 15) is 10.1 Å². The number of nitrogens with zero attached hydrogens (tertiary/aromatic N) is 3. The Hall–Kier alpha value is -2.90. The lowest BCUT2D eigenvalue weighted by Gasteiger charge is -2.11. The first-order valence-corrected chi connectivity index (χ1v) is 8.70. The van der Waals surface area contributed by atoms with E-state index in [1.54, 1.807) is 18.2 Å². The highest BCUT2D eigenvalue weighted by Crippen LogP contribution is 2.33. The van der Waals surface area contributed by atoms with Crippen molar-refractivity contribution in [3.63, 3.8) is 0 Å². The Kier molecular flexibility index (Phi) is 5.73. The quantitative estimate of drug-likeness (QED) is 0.425. The predicted octanol–water partition coefficient (Wildman–Crippen LogP) is 5.36. The van der Waals surface area contributed by atoms with Gasteiger partial charge < -0.3 is 10.6 Å². The van der Waals surface area contributed by atoms with Gasteiger partial charge in [0, 0.05) is 22.3 Å². The highest BCUT2D eigenvalue weighted by atomic mass is 35.5. The van der Waals surface area contributed by atoms with E-state index in [4.69, 9.17) is 23.2 Å². The third-order valence-corrected chi connectivity index (χ3v) is 4.15. The number of anilines is 3. The predicted molar refractivity (Wildman–Crippen MR) is 107 cm³/mol. The summed E-state index contributed by atoms with van der Waals surface area (Å²) in [6.45, 7) is 2.38. The summed E-state index contributed by atoms with van der Waals surface area (Å²) in [7, 11) is 0. The highest BCUT2D eigenvalue weighted by Gasteiger charge is 2.23. The van der Waals surface area contributed by atoms with Crippen LogP contribution in [0.3, 0.4) is 0 Å². The molecule has 9 heteroatoms. The third kappa shape index (κ3) is 4.84. The van der Waals surface area contributed by atoms with Crippen LogP contribution in [0.2, 0.25) is 10.0 Å². The molecule has 1 heterocycles. The molecule has 0 amide bonds. The summed E-state index contributed by atoms with van der Waals surface area (Å²) in [6, 6.07) is 12.6. The maximum absolute atomic E-state index is 11.6. The minimum Gasteiger partial charge on any atom is -0.360 e. The summed E-state index contributed by atoms with van der Waals surface area (Å²) in [5.74, 6) is 0.158. The minimum atomic E-state index is -0.536. The molecule has 0 fully saturated rings. The van der Waals surface area contributed by atoms with Crippen LogP contribution in [0.25, 0.3) is 0 Å². The van der Waals surface area contributed by atoms with Gasteiger partial charge in [0.05, 0.1) is 4.92 Å². The van der Waals surface area contributed by atoms with E-state index in [0.29, 0.717) is 22.3 Å². The average molecular weight is 404 g/mol. The number of rotatable bonds is 6. The van der Waals surface area contributed by atoms with Gasteiger partial charge in [0.25, 0.3) is 0 Å². The second-order valence-corrected chi connectivity index (χ2v) is 6.67. The molecule has 0 aliphatic rings. The smallest absolute Gasteiger partial charge is 0.353 e. The Morgan fingerprint density at radius 1 is 1.04 bits per heavy atom. The van der Waals surface area contributed by atoms with E-state index in [1.807, 2.05) is 31.2 Å². The Labute approximate surface area is 165 Å². The standard InChI is InChI=1S/C18H15Cl2N5O2/c1-11-2-4-12(5-3-11)9-21-17-16(25(26)27)18(23-10-22-17)24-15-7-13(19)6-14(20)8-15/h2-8,10H,9H2,1H3,(H2,21,22,23,24). The number of nitro groups is 1. The second kappa shape index (κ2) is 8.20. The van der Waals surface area contributed by atoms with Crippen LogP contribution in [0.4, 0.5) is 23.0 Å². The second-order valence-electron chi connectivity index (χ2n) is 5.80. The van der Waals surface area contributed by atoms with Gasteiger partial charge in [0.1, 0.15) is 6.33 Å². The number of hydrogen-bond acceptors (Lipinski definition) is 6. The van der Waals surface area contributed by atoms with Crippen molar-refractivity contribution in [2.75, 3.05) is 10.6 Å². The molecule has 138 valence electrons. The molecular weight excluding hydrogens is 389 g/mol. The fourth-order valence-electron chi connectivity index (χ4n) is 2.43. The van der Waals surface area contributed by atoms with Crippen LogP contribution in [0.5, 0.6) is 0 Å². The molecule has 0 saturated carbocycles. The summed E-state index contributed by atoms with van der Waals surface area (Å²) in [5, 5.41) is 18.3. The van der Waals surface area contributed by atoms with Crippen molar-refractivity contribution in [3.8, 4) is 0 Å². The van der Waals surface area contributed by atoms with Crippen molar-refractivity contribution in [3.05, 3.63) is 80.1 Å². The number of nitrogens with one attached hydrogen (secondary N) is 2. The maximum atomic E-state index is 11.6. The van der Waals surface area contributed by atoms with Gasteiger partial charge in [-0.2, -0.15) is 0 Å². The summed E-state index contributed by atoms with van der Waals surface area (Å²) < 4.78 is 0. The molecule has 0 saturated heterocycles. The van der Waals surface area contributed by atoms with Gasteiger partial charge in [-0.05, 0) is 30.7 Å². The molecule has 0 bridgehead atoms. The third-order valence-electron chi connectivity index (χ3n) is 3.71. The lowest BCUT2D eigenvalue weighted by atomic mass is 10.1. The zero-order valence-electron chi connectivity index (χ0n) is 14.2. The topological polar surface area (TPSA) is 93.0 Å². The molecule has 0 aliphatic carbocycles. The van der Waals surface area contributed by atoms with Crippen LogP contribution in [-0.2, 0) is 6.54 Å². The van der Waals surface area contributed by atoms with Gasteiger partial charge in [0.15, 0.2) is 0 Å². The molecule has 2 aromatic carbocycles. The zero-order chi connectivity index (χ0) is 19.4. The normalized spacial score (nSPS) is 10.5. The molecule has 2 N–H and O–H groups in total. The minimum absolute atomic E-state index is 0.0414. The maximum Gasteiger partial charge on any atom is 0.353 e. The van der Waals surface area contributed by atoms with Gasteiger partial charge in [-0.25, -0.2) is 9.97 Å². The average Bonchev–Trinajstić information content (AvgIpc) is 2.60. The van der Waals surface area contributed by atoms with Gasteiger partial charge in [-0.3, -0.25) is 10.1 Å². The first-order valence-electron chi connectivity index (χ1n) is 7.94. The molecule has 7 nitrogen and oxygen atoms in total. The van der Waals surface area contributed by atoms with E-state index in [1.165, 1.54) is 6.33 Å². The molecular formula is C18H15Cl2N5O2. The first-order chi connectivity index (χ1) is 12.9. The van der Waals surface area contributed by atoms with Crippen LogP contribution in [0.15, 0.2) is 48.8 Å². The van der Waals surface area contributed by atoms with Crippen molar-refractivity contribution in [2.45, 2.75) is 13.5 Å². The van der Waals surface area contributed by atoms with Gasteiger partial charge in [-0.15, -0.1) is 0 Å². The molecule has 3 rings (SSSR count). The Balaban J connectivity index is 1.87. The molecule has 1 aromatic heterocycles. The molecule has 0 unspecified atom stereocenters. The fraction of sp³-hybridized carbons (Fsp3) is 0.111. The van der Waals surface area contributed by atoms with E-state index in [0.717, 1.165) is 11.1 Å². The lowest BCUT2D eigenvalue weighted by Crippen LogP contribution is -2.08. The molecule has 0 spiro atoms. The first kappa shape index (κ1) is 18.9. The van der Waals surface area contributed by atoms with Gasteiger partial charge >= 0.3 is 5.69 Å². The van der Waals surface area contributed by atoms with Crippen molar-refractivity contribution < 1.29 is 4.92 Å². The van der Waals surface area contributed by atoms with Gasteiger partial charge in [0.2, 0.25) is 11.6 Å². The van der Waals surface area contributed by atoms with Crippen LogP contribution < -0.4 is 10.6 Å². The molecule has 3 aromatic rings. The largest absolute Gasteiger partial charge is 0.360 e. The van der Waals surface area contributed by atoms with Crippen LogP contribution in [0, 0.1) is 17.0 Å². The van der Waals surface area contributed by atoms with Crippen molar-refractivity contribution >= 4 is 46.2 Å². The van der Waals surface area contributed by atoms with Crippen LogP contribution in [-0.4, -0.2) is 14.9 Å². The Morgan fingerprint density at radius 2 is 1.67 bits per heavy atom. The number of benzene rings is 2. The zero-order valence-corrected chi connectivity index (χ0v) is 15.8. The highest BCUT2D eigenvalue weighted by molar-refractivity contribution is 6.35. The monoisotopic (exact) mass is 403 g/mol. The van der Waals surface area contributed by atoms with Crippen LogP contribution >= 0.6 is 23.2 Å². The van der Waals surface area contributed by atoms with Crippen molar-refractivity contribution in [2.24, 2.45) is 0 Å². The van der Waals surface area contributed by atoms with E-state index in [-0.39, 0.29) is 17.3 Å². The number of aromatic nitrogens is 2. The Bertz CT molecular complexity index is 960. The van der Waals surface area contributed by atoms with Crippen molar-refractivity contribution in [1.82, 2.24) is 9.97 Å². The lowest BCUT2D eigenvalue weighted by molar-refractivity contribution is -0.383. The fourth-order valence-corrected chi connectivity index (χ4v) is 2.95. The van der Waals surface area contributed by atoms with Crippen LogP contribution in [0.1, 0.15) is 11.1 Å². The SMILES string of the molecule is Cc1ccc(CNc2ncnc(Nc3cc(Cl)cc(Cl)c3)c2[N+](=O)[O-])cc1. The summed E-state index contributed by atoms with van der Waals surface area (Å²) in [5.41, 5.74) is 2.34. The van der Waals surface area contributed by atoms with Crippen molar-refractivity contribution in [1.29, 1.82) is 0 Å². The molecule has 0 radical (unpaired) electrons. The summed E-state index contributed by atoms with van der Waals surface area (Å²) in [6.07, 6.45) is 1.25. The van der Waals surface area contributed by atoms with Gasteiger partial charge in [-0.1, -0.05) is 53.0 Å². The number of halogens is 2. The Morgan fingerprint density at radius 3 is 2.30 bits per heavy atom. The number of aryl methyl sites for hydroxylation is 1. The molecule has 0 aliphatic heterocycles. The summed E-state index contributed by atoms with van der Waals surface area (Å²) >= 11 is 12.0. The van der Waals surface area contributed by atoms with E-state index < -0.39 is 4.92 Å². The van der Waals surface area contributed by atoms with E-state index >= 15 is 0 Å².